The fourth-order valence-electron chi connectivity index (χ4n) is 2.78. The van der Waals surface area contributed by atoms with Gasteiger partial charge in [-0.25, -0.2) is 0 Å². The van der Waals surface area contributed by atoms with Crippen LogP contribution in [0, 0.1) is 0 Å². The van der Waals surface area contributed by atoms with Crippen LogP contribution >= 0.6 is 0 Å². The van der Waals surface area contributed by atoms with Crippen molar-refractivity contribution in [2.75, 3.05) is 21.3 Å². The third kappa shape index (κ3) is 3.30. The molecule has 0 aliphatic carbocycles. The highest BCUT2D eigenvalue weighted by Gasteiger charge is 2.41. The Morgan fingerprint density at radius 2 is 1.61 bits per heavy atom. The number of esters is 1. The summed E-state index contributed by atoms with van der Waals surface area (Å²) in [7, 11) is 4.70. The highest BCUT2D eigenvalue weighted by molar-refractivity contribution is 5.84. The van der Waals surface area contributed by atoms with Gasteiger partial charge in [-0.3, -0.25) is 4.79 Å². The Labute approximate surface area is 136 Å². The Bertz CT molecular complexity index is 691. The first-order valence-corrected chi connectivity index (χ1v) is 7.32. The summed E-state index contributed by atoms with van der Waals surface area (Å²) in [6.45, 7) is 3.10. The Kier molecular flexibility index (Phi) is 5.23. The van der Waals surface area contributed by atoms with Crippen molar-refractivity contribution in [2.24, 2.45) is 0 Å². The summed E-state index contributed by atoms with van der Waals surface area (Å²) >= 11 is 0. The van der Waals surface area contributed by atoms with Crippen molar-refractivity contribution in [1.82, 2.24) is 0 Å². The molecule has 2 aromatic rings. The third-order valence-corrected chi connectivity index (χ3v) is 3.93. The van der Waals surface area contributed by atoms with Gasteiger partial charge in [-0.15, -0.1) is 0 Å². The Balaban J connectivity index is 2.50. The topological polar surface area (TPSA) is 54.0 Å². The van der Waals surface area contributed by atoms with Crippen molar-refractivity contribution < 1.29 is 23.7 Å². The zero-order valence-electron chi connectivity index (χ0n) is 14.1. The summed E-state index contributed by atoms with van der Waals surface area (Å²) in [6.07, 6.45) is -0.606. The lowest BCUT2D eigenvalue weighted by Crippen LogP contribution is -2.43. The number of fused-ring (bicyclic) bond motifs is 1. The highest BCUT2D eigenvalue weighted by atomic mass is 16.7. The maximum Gasteiger partial charge on any atom is 0.303 e. The normalized spacial score (nSPS) is 12.9. The molecule has 0 saturated heterocycles. The van der Waals surface area contributed by atoms with E-state index in [1.54, 1.807) is 14.0 Å². The van der Waals surface area contributed by atoms with Gasteiger partial charge in [0, 0.05) is 26.7 Å². The molecule has 0 radical (unpaired) electrons. The average molecular weight is 318 g/mol. The molecule has 0 amide bonds. The van der Waals surface area contributed by atoms with E-state index in [1.807, 2.05) is 36.4 Å². The molecule has 0 N–H and O–H groups in total. The van der Waals surface area contributed by atoms with E-state index in [9.17, 15) is 4.79 Å². The zero-order valence-corrected chi connectivity index (χ0v) is 14.1. The maximum absolute atomic E-state index is 11.3. The molecule has 0 bridgehead atoms. The summed E-state index contributed by atoms with van der Waals surface area (Å²) < 4.78 is 21.7. The molecule has 2 aromatic carbocycles. The molecule has 2 rings (SSSR count). The number of carbonyl (C=O) groups is 1. The minimum absolute atomic E-state index is 0.387. The van der Waals surface area contributed by atoms with E-state index >= 15 is 0 Å². The lowest BCUT2D eigenvalue weighted by atomic mass is 9.97. The summed E-state index contributed by atoms with van der Waals surface area (Å²) in [5, 5.41) is 2.05. The van der Waals surface area contributed by atoms with Gasteiger partial charge in [-0.05, 0) is 35.9 Å². The Morgan fingerprint density at radius 1 is 1.00 bits per heavy atom. The number of hydrogen-bond donors (Lipinski definition) is 0. The second kappa shape index (κ2) is 6.98. The summed E-state index contributed by atoms with van der Waals surface area (Å²) in [6, 6.07) is 11.6. The van der Waals surface area contributed by atoms with Gasteiger partial charge in [0.05, 0.1) is 7.11 Å². The van der Waals surface area contributed by atoms with Crippen LogP contribution in [0.1, 0.15) is 19.4 Å². The van der Waals surface area contributed by atoms with Gasteiger partial charge in [0.2, 0.25) is 5.79 Å². The van der Waals surface area contributed by atoms with E-state index in [1.165, 1.54) is 21.1 Å². The molecule has 1 atom stereocenters. The van der Waals surface area contributed by atoms with Crippen molar-refractivity contribution in [3.8, 4) is 5.75 Å². The first-order valence-electron chi connectivity index (χ1n) is 7.32. The molecule has 0 aliphatic heterocycles. The lowest BCUT2D eigenvalue weighted by molar-refractivity contribution is -0.269. The minimum atomic E-state index is -1.17. The third-order valence-electron chi connectivity index (χ3n) is 3.93. The second-order valence-corrected chi connectivity index (χ2v) is 5.26. The van der Waals surface area contributed by atoms with E-state index in [0.717, 1.165) is 22.1 Å². The molecule has 0 aromatic heterocycles. The van der Waals surface area contributed by atoms with Gasteiger partial charge in [0.25, 0.3) is 0 Å². The van der Waals surface area contributed by atoms with Crippen molar-refractivity contribution in [2.45, 2.75) is 25.7 Å². The van der Waals surface area contributed by atoms with Crippen molar-refractivity contribution >= 4 is 16.7 Å². The fourth-order valence-corrected chi connectivity index (χ4v) is 2.78. The SMILES string of the molecule is COc1ccc2cc(C(OC)(OC)C(C)OC(C)=O)ccc2c1. The van der Waals surface area contributed by atoms with Crippen LogP contribution in [-0.2, 0) is 24.8 Å². The van der Waals surface area contributed by atoms with Crippen LogP contribution in [0.5, 0.6) is 5.75 Å². The average Bonchev–Trinajstić information content (AvgIpc) is 2.55. The molecular formula is C18H22O5. The molecule has 5 nitrogen and oxygen atoms in total. The maximum atomic E-state index is 11.3. The number of carbonyl (C=O) groups excluding carboxylic acids is 1. The van der Waals surface area contributed by atoms with E-state index in [-0.39, 0.29) is 5.97 Å². The lowest BCUT2D eigenvalue weighted by Gasteiger charge is -2.36. The Morgan fingerprint density at radius 3 is 2.17 bits per heavy atom. The number of rotatable bonds is 6. The largest absolute Gasteiger partial charge is 0.497 e. The fraction of sp³-hybridized carbons (Fsp3) is 0.389. The van der Waals surface area contributed by atoms with Gasteiger partial charge >= 0.3 is 5.97 Å². The first-order chi connectivity index (χ1) is 11.0. The molecule has 5 heteroatoms. The number of benzene rings is 2. The van der Waals surface area contributed by atoms with Gasteiger partial charge in [0.1, 0.15) is 5.75 Å². The highest BCUT2D eigenvalue weighted by Crippen LogP contribution is 2.34. The van der Waals surface area contributed by atoms with Crippen molar-refractivity contribution in [1.29, 1.82) is 0 Å². The second-order valence-electron chi connectivity index (χ2n) is 5.26. The minimum Gasteiger partial charge on any atom is -0.497 e. The van der Waals surface area contributed by atoms with Gasteiger partial charge < -0.3 is 18.9 Å². The molecule has 124 valence electrons. The summed E-state index contributed by atoms with van der Waals surface area (Å²) in [5.41, 5.74) is 0.772. The van der Waals surface area contributed by atoms with Crippen LogP contribution in [0.3, 0.4) is 0 Å². The molecule has 0 heterocycles. The Hall–Kier alpha value is -2.11. The van der Waals surface area contributed by atoms with Crippen molar-refractivity contribution in [3.63, 3.8) is 0 Å². The molecule has 0 saturated carbocycles. The molecule has 0 fully saturated rings. The molecule has 23 heavy (non-hydrogen) atoms. The quantitative estimate of drug-likeness (QED) is 0.604. The predicted octanol–water partition coefficient (Wildman–Crippen LogP) is 3.25. The monoisotopic (exact) mass is 318 g/mol. The molecule has 0 aliphatic rings. The van der Waals surface area contributed by atoms with Crippen LogP contribution in [0.2, 0.25) is 0 Å². The smallest absolute Gasteiger partial charge is 0.303 e. The molecule has 0 spiro atoms. The number of hydrogen-bond acceptors (Lipinski definition) is 5. The van der Waals surface area contributed by atoms with Crippen LogP contribution < -0.4 is 4.74 Å². The number of methoxy groups -OCH3 is 3. The summed E-state index contributed by atoms with van der Waals surface area (Å²) in [4.78, 5) is 11.3. The number of ether oxygens (including phenoxy) is 4. The van der Waals surface area contributed by atoms with Gasteiger partial charge in [-0.1, -0.05) is 18.2 Å². The summed E-state index contributed by atoms with van der Waals surface area (Å²) in [5.74, 6) is -0.760. The van der Waals surface area contributed by atoms with Gasteiger partial charge in [-0.2, -0.15) is 0 Å². The molecular weight excluding hydrogens is 296 g/mol. The van der Waals surface area contributed by atoms with E-state index < -0.39 is 11.9 Å². The standard InChI is InChI=1S/C18H22O5/c1-12(23-13(2)19)18(21-4,22-5)16-8-6-15-11-17(20-3)9-7-14(15)10-16/h6-12H,1-5H3. The van der Waals surface area contributed by atoms with Crippen LogP contribution in [0.4, 0.5) is 0 Å². The van der Waals surface area contributed by atoms with E-state index in [2.05, 4.69) is 0 Å². The van der Waals surface area contributed by atoms with Gasteiger partial charge in [0.15, 0.2) is 6.10 Å². The van der Waals surface area contributed by atoms with Crippen LogP contribution in [0.15, 0.2) is 36.4 Å². The van der Waals surface area contributed by atoms with Crippen LogP contribution in [0.25, 0.3) is 10.8 Å². The molecule has 1 unspecified atom stereocenters. The zero-order chi connectivity index (χ0) is 17.0. The van der Waals surface area contributed by atoms with E-state index in [4.69, 9.17) is 18.9 Å². The van der Waals surface area contributed by atoms with Crippen LogP contribution in [-0.4, -0.2) is 33.4 Å². The first kappa shape index (κ1) is 17.2. The van der Waals surface area contributed by atoms with E-state index in [0.29, 0.717) is 0 Å². The predicted molar refractivity (Wildman–Crippen MR) is 87.4 cm³/mol. The van der Waals surface area contributed by atoms with Crippen molar-refractivity contribution in [3.05, 3.63) is 42.0 Å².